The number of amides is 1. The van der Waals surface area contributed by atoms with Gasteiger partial charge in [0.15, 0.2) is 5.75 Å². The fourth-order valence-electron chi connectivity index (χ4n) is 3.37. The Morgan fingerprint density at radius 2 is 1.84 bits per heavy atom. The quantitative estimate of drug-likeness (QED) is 0.636. The minimum atomic E-state index is -0.0923. The number of nitrogens with one attached hydrogen (secondary N) is 1. The maximum atomic E-state index is 12.6. The summed E-state index contributed by atoms with van der Waals surface area (Å²) in [6.07, 6.45) is 0.277. The molecule has 1 aliphatic rings. The minimum Gasteiger partial charge on any atom is -0.497 e. The van der Waals surface area contributed by atoms with Crippen molar-refractivity contribution in [3.8, 4) is 17.2 Å². The molecule has 0 saturated heterocycles. The molecule has 4 rings (SSSR count). The number of carbonyl (C=O) groups excluding carboxylic acids is 1. The minimum absolute atomic E-state index is 0.0923. The second kappa shape index (κ2) is 8.92. The van der Waals surface area contributed by atoms with E-state index in [2.05, 4.69) is 17.1 Å². The molecule has 1 heterocycles. The van der Waals surface area contributed by atoms with Crippen LogP contribution in [0.15, 0.2) is 71.7 Å². The summed E-state index contributed by atoms with van der Waals surface area (Å²) >= 11 is 0. The lowest BCUT2D eigenvalue weighted by Crippen LogP contribution is -2.27. The summed E-state index contributed by atoms with van der Waals surface area (Å²) in [6.45, 7) is 2.86. The molecular formula is C25H25N3O3. The normalized spacial score (nSPS) is 11.9. The van der Waals surface area contributed by atoms with E-state index in [9.17, 15) is 4.79 Å². The summed E-state index contributed by atoms with van der Waals surface area (Å²) in [4.78, 5) is 19.5. The lowest BCUT2D eigenvalue weighted by molar-refractivity contribution is -0.115. The molecule has 3 aromatic rings. The maximum Gasteiger partial charge on any atom is 0.228 e. The van der Waals surface area contributed by atoms with Crippen LogP contribution in [-0.4, -0.2) is 37.3 Å². The van der Waals surface area contributed by atoms with E-state index in [4.69, 9.17) is 14.5 Å². The number of anilines is 1. The van der Waals surface area contributed by atoms with Crippen LogP contribution >= 0.6 is 0 Å². The number of para-hydroxylation sites is 2. The Morgan fingerprint density at radius 3 is 2.58 bits per heavy atom. The molecular weight excluding hydrogens is 390 g/mol. The zero-order valence-electron chi connectivity index (χ0n) is 17.9. The molecule has 0 spiro atoms. The number of carbonyl (C=O) groups is 1. The molecule has 158 valence electrons. The third kappa shape index (κ3) is 4.53. The summed E-state index contributed by atoms with van der Waals surface area (Å²) < 4.78 is 11.3. The first-order valence-corrected chi connectivity index (χ1v) is 10.2. The van der Waals surface area contributed by atoms with E-state index >= 15 is 0 Å². The average molecular weight is 415 g/mol. The van der Waals surface area contributed by atoms with Crippen LogP contribution in [0.1, 0.15) is 18.1 Å². The van der Waals surface area contributed by atoms with Crippen molar-refractivity contribution in [3.63, 3.8) is 0 Å². The predicted molar refractivity (Wildman–Crippen MR) is 123 cm³/mol. The van der Waals surface area contributed by atoms with Gasteiger partial charge in [-0.15, -0.1) is 0 Å². The third-order valence-electron chi connectivity index (χ3n) is 5.18. The molecule has 0 aliphatic carbocycles. The van der Waals surface area contributed by atoms with Crippen LogP contribution in [0, 0.1) is 0 Å². The van der Waals surface area contributed by atoms with Gasteiger partial charge in [-0.05, 0) is 55.0 Å². The summed E-state index contributed by atoms with van der Waals surface area (Å²) in [5.41, 5.74) is 3.23. The van der Waals surface area contributed by atoms with E-state index in [0.717, 1.165) is 34.9 Å². The van der Waals surface area contributed by atoms with E-state index in [1.54, 1.807) is 7.11 Å². The third-order valence-corrected chi connectivity index (χ3v) is 5.18. The molecule has 0 unspecified atom stereocenters. The number of benzene rings is 3. The summed E-state index contributed by atoms with van der Waals surface area (Å²) in [5.74, 6) is 2.89. The highest BCUT2D eigenvalue weighted by molar-refractivity contribution is 6.05. The van der Waals surface area contributed by atoms with Gasteiger partial charge in [0, 0.05) is 19.3 Å². The fraction of sp³-hybridized carbons (Fsp3) is 0.200. The molecule has 1 N–H and O–H groups in total. The Bertz CT molecular complexity index is 1120. The lowest BCUT2D eigenvalue weighted by atomic mass is 10.1. The Kier molecular flexibility index (Phi) is 5.89. The van der Waals surface area contributed by atoms with Crippen molar-refractivity contribution >= 4 is 23.1 Å². The monoisotopic (exact) mass is 415 g/mol. The van der Waals surface area contributed by atoms with Crippen molar-refractivity contribution < 1.29 is 14.3 Å². The van der Waals surface area contributed by atoms with E-state index in [1.807, 2.05) is 73.8 Å². The van der Waals surface area contributed by atoms with E-state index in [1.165, 1.54) is 0 Å². The van der Waals surface area contributed by atoms with Crippen molar-refractivity contribution in [3.05, 3.63) is 77.9 Å². The van der Waals surface area contributed by atoms with Crippen LogP contribution < -0.4 is 14.8 Å². The van der Waals surface area contributed by atoms with Crippen LogP contribution in [0.25, 0.3) is 0 Å². The predicted octanol–water partition coefficient (Wildman–Crippen LogP) is 5.01. The Morgan fingerprint density at radius 1 is 1.06 bits per heavy atom. The van der Waals surface area contributed by atoms with Gasteiger partial charge in [0.25, 0.3) is 0 Å². The lowest BCUT2D eigenvalue weighted by Gasteiger charge is -2.20. The van der Waals surface area contributed by atoms with Crippen LogP contribution in [0.3, 0.4) is 0 Å². The number of ether oxygens (including phenoxy) is 2. The van der Waals surface area contributed by atoms with Crippen LogP contribution in [0.2, 0.25) is 0 Å². The molecule has 1 amide bonds. The van der Waals surface area contributed by atoms with Gasteiger partial charge in [0.1, 0.15) is 23.0 Å². The van der Waals surface area contributed by atoms with Crippen LogP contribution in [-0.2, 0) is 11.2 Å². The molecule has 0 radical (unpaired) electrons. The van der Waals surface area contributed by atoms with Gasteiger partial charge < -0.3 is 19.7 Å². The molecule has 1 aliphatic heterocycles. The standard InChI is InChI=1S/C25H25N3O3/c1-4-28(2)25-20-16-18(26-24(29)15-17-9-12-19(30-3)13-10-17)11-14-22(20)31-23-8-6-5-7-21(23)27-25/h5-14,16H,4,15H2,1-3H3,(H,26,29). The van der Waals surface area contributed by atoms with Crippen molar-refractivity contribution in [2.75, 3.05) is 26.0 Å². The highest BCUT2D eigenvalue weighted by Crippen LogP contribution is 2.38. The summed E-state index contributed by atoms with van der Waals surface area (Å²) in [5, 5.41) is 2.99. The molecule has 6 nitrogen and oxygen atoms in total. The summed E-state index contributed by atoms with van der Waals surface area (Å²) in [7, 11) is 3.61. The van der Waals surface area contributed by atoms with Gasteiger partial charge in [0.05, 0.1) is 19.1 Å². The molecule has 6 heteroatoms. The number of aliphatic imine (C=N–C) groups is 1. The van der Waals surface area contributed by atoms with Gasteiger partial charge in [0.2, 0.25) is 5.91 Å². The highest BCUT2D eigenvalue weighted by atomic mass is 16.5. The number of hydrogen-bond acceptors (Lipinski definition) is 5. The molecule has 0 fully saturated rings. The number of amidine groups is 1. The molecule has 31 heavy (non-hydrogen) atoms. The van der Waals surface area contributed by atoms with Gasteiger partial charge >= 0.3 is 0 Å². The molecule has 0 aromatic heterocycles. The van der Waals surface area contributed by atoms with Crippen LogP contribution in [0.5, 0.6) is 17.2 Å². The Hall–Kier alpha value is -3.80. The molecule has 3 aromatic carbocycles. The molecule has 0 saturated carbocycles. The van der Waals surface area contributed by atoms with E-state index in [0.29, 0.717) is 17.2 Å². The SMILES string of the molecule is CCN(C)C1=Nc2ccccc2Oc2ccc(NC(=O)Cc3ccc(OC)cc3)cc21. The fourth-order valence-corrected chi connectivity index (χ4v) is 3.37. The first kappa shape index (κ1) is 20.5. The van der Waals surface area contributed by atoms with Crippen LogP contribution in [0.4, 0.5) is 11.4 Å². The van der Waals surface area contributed by atoms with Crippen molar-refractivity contribution in [1.29, 1.82) is 0 Å². The largest absolute Gasteiger partial charge is 0.497 e. The Balaban J connectivity index is 1.60. The second-order valence-corrected chi connectivity index (χ2v) is 7.30. The van der Waals surface area contributed by atoms with Crippen molar-refractivity contribution in [2.24, 2.45) is 4.99 Å². The van der Waals surface area contributed by atoms with Gasteiger partial charge in [-0.3, -0.25) is 4.79 Å². The van der Waals surface area contributed by atoms with Crippen molar-refractivity contribution in [2.45, 2.75) is 13.3 Å². The topological polar surface area (TPSA) is 63.2 Å². The van der Waals surface area contributed by atoms with E-state index in [-0.39, 0.29) is 12.3 Å². The van der Waals surface area contributed by atoms with E-state index < -0.39 is 0 Å². The highest BCUT2D eigenvalue weighted by Gasteiger charge is 2.21. The number of nitrogens with zero attached hydrogens (tertiary/aromatic N) is 2. The second-order valence-electron chi connectivity index (χ2n) is 7.30. The number of methoxy groups -OCH3 is 1. The maximum absolute atomic E-state index is 12.6. The zero-order chi connectivity index (χ0) is 21.8. The first-order chi connectivity index (χ1) is 15.1. The first-order valence-electron chi connectivity index (χ1n) is 10.2. The average Bonchev–Trinajstić information content (AvgIpc) is 2.95. The van der Waals surface area contributed by atoms with Crippen molar-refractivity contribution in [1.82, 2.24) is 4.90 Å². The number of fused-ring (bicyclic) bond motifs is 2. The van der Waals surface area contributed by atoms with Gasteiger partial charge in [-0.2, -0.15) is 0 Å². The summed E-state index contributed by atoms with van der Waals surface area (Å²) in [6, 6.07) is 20.8. The molecule has 0 atom stereocenters. The smallest absolute Gasteiger partial charge is 0.228 e. The molecule has 0 bridgehead atoms. The van der Waals surface area contributed by atoms with Gasteiger partial charge in [-0.25, -0.2) is 4.99 Å². The Labute approximate surface area is 182 Å². The number of rotatable bonds is 5. The zero-order valence-corrected chi connectivity index (χ0v) is 17.9. The van der Waals surface area contributed by atoms with Gasteiger partial charge in [-0.1, -0.05) is 24.3 Å². The number of hydrogen-bond donors (Lipinski definition) is 1.